The number of hydrogen-bond acceptors (Lipinski definition) is 6. The van der Waals surface area contributed by atoms with Gasteiger partial charge < -0.3 is 28.8 Å². The highest BCUT2D eigenvalue weighted by Crippen LogP contribution is 2.38. The van der Waals surface area contributed by atoms with Gasteiger partial charge in [-0.25, -0.2) is 0 Å². The molecule has 0 radical (unpaired) electrons. The Morgan fingerprint density at radius 1 is 0.614 bits per heavy atom. The fourth-order valence-electron chi connectivity index (χ4n) is 6.23. The second-order valence-corrected chi connectivity index (χ2v) is 18.2. The van der Waals surface area contributed by atoms with E-state index >= 15 is 0 Å². The molecule has 0 aromatic carbocycles. The maximum absolute atomic E-state index is 12.9. The topological polar surface area (TPSA) is 108 Å². The van der Waals surface area contributed by atoms with Crippen LogP contribution >= 0.6 is 7.82 Å². The van der Waals surface area contributed by atoms with Crippen molar-refractivity contribution in [1.29, 1.82) is 0 Å². The Kier molecular flexibility index (Phi) is 38.4. The van der Waals surface area contributed by atoms with Gasteiger partial charge in [-0.05, 0) is 70.6 Å². The minimum atomic E-state index is -4.60. The average Bonchev–Trinajstić information content (AvgIpc) is 3.16. The number of aliphatic hydroxyl groups excluding tert-OH is 1. The fourth-order valence-corrected chi connectivity index (χ4v) is 6.96. The summed E-state index contributed by atoms with van der Waals surface area (Å²) >= 11 is 0. The predicted octanol–water partition coefficient (Wildman–Crippen LogP) is 12.4. The molecule has 0 fully saturated rings. The predicted molar refractivity (Wildman–Crippen MR) is 242 cm³/mol. The number of phosphoric acid groups is 1. The number of rotatable bonds is 41. The van der Waals surface area contributed by atoms with E-state index in [1.54, 1.807) is 6.08 Å². The quantitative estimate of drug-likeness (QED) is 0.0275. The first-order valence-corrected chi connectivity index (χ1v) is 24.6. The summed E-state index contributed by atoms with van der Waals surface area (Å²) in [6.45, 7) is 4.57. The van der Waals surface area contributed by atoms with Gasteiger partial charge in [0.2, 0.25) is 5.91 Å². The van der Waals surface area contributed by atoms with E-state index in [-0.39, 0.29) is 12.5 Å². The molecule has 0 saturated heterocycles. The van der Waals surface area contributed by atoms with Crippen LogP contribution in [-0.4, -0.2) is 68.5 Å². The fraction of sp³-hybridized carbons (Fsp3) is 0.771. The molecule has 0 aliphatic carbocycles. The highest BCUT2D eigenvalue weighted by Gasteiger charge is 2.23. The lowest BCUT2D eigenvalue weighted by atomic mass is 10.1. The number of allylic oxidation sites excluding steroid dienone is 9. The lowest BCUT2D eigenvalue weighted by molar-refractivity contribution is -0.870. The van der Waals surface area contributed by atoms with E-state index in [0.29, 0.717) is 17.4 Å². The molecule has 0 aliphatic rings. The second kappa shape index (κ2) is 39.6. The van der Waals surface area contributed by atoms with Crippen LogP contribution < -0.4 is 10.2 Å². The molecule has 0 heterocycles. The molecule has 0 aromatic rings. The molecule has 3 atom stereocenters. The Hall–Kier alpha value is -1.80. The van der Waals surface area contributed by atoms with E-state index in [9.17, 15) is 19.4 Å². The van der Waals surface area contributed by atoms with Crippen molar-refractivity contribution < 1.29 is 32.9 Å². The molecule has 3 unspecified atom stereocenters. The van der Waals surface area contributed by atoms with Crippen molar-refractivity contribution in [2.45, 2.75) is 199 Å². The zero-order valence-corrected chi connectivity index (χ0v) is 38.4. The molecule has 0 saturated carbocycles. The number of nitrogens with zero attached hydrogens (tertiary/aromatic N) is 1. The van der Waals surface area contributed by atoms with Gasteiger partial charge in [0, 0.05) is 6.42 Å². The maximum atomic E-state index is 12.9. The van der Waals surface area contributed by atoms with Crippen LogP contribution in [0.15, 0.2) is 60.8 Å². The molecule has 0 aliphatic heterocycles. The zero-order chi connectivity index (χ0) is 42.1. The van der Waals surface area contributed by atoms with E-state index in [1.807, 2.05) is 27.2 Å². The van der Waals surface area contributed by atoms with E-state index in [4.69, 9.17) is 9.05 Å². The van der Waals surface area contributed by atoms with Gasteiger partial charge in [0.05, 0.1) is 39.9 Å². The molecule has 0 spiro atoms. The Morgan fingerprint density at radius 3 is 1.54 bits per heavy atom. The summed E-state index contributed by atoms with van der Waals surface area (Å²) in [4.78, 5) is 25.3. The van der Waals surface area contributed by atoms with Crippen LogP contribution in [0.25, 0.3) is 0 Å². The minimum Gasteiger partial charge on any atom is -0.756 e. The number of amides is 1. The third-order valence-electron chi connectivity index (χ3n) is 9.95. The normalized spacial score (nSPS) is 14.9. The molecular weight excluding hydrogens is 732 g/mol. The van der Waals surface area contributed by atoms with Crippen LogP contribution in [0.1, 0.15) is 187 Å². The molecular formula is C48H89N2O6P. The standard InChI is InChI=1S/C48H89N2O6P/c1-6-8-10-12-14-16-18-20-21-22-23-24-25-26-27-28-29-30-32-34-36-38-40-42-48(52)49-46(45-56-57(53,54)55-44-43-50(3,4)5)47(51)41-39-37-35-33-31-19-17-15-13-11-9-7-2/h18,20,22-23,25-26,31,33,39,41,46-47,51H,6-17,19,21,24,27-30,32,34-38,40,42-45H2,1-5H3,(H-,49,52,53,54)/b20-18-,23-22-,26-25-,33-31+,41-39+. The van der Waals surface area contributed by atoms with Crippen LogP contribution in [-0.2, 0) is 18.4 Å². The smallest absolute Gasteiger partial charge is 0.268 e. The van der Waals surface area contributed by atoms with Crippen molar-refractivity contribution in [3.63, 3.8) is 0 Å². The van der Waals surface area contributed by atoms with Crippen LogP contribution in [0, 0.1) is 0 Å². The van der Waals surface area contributed by atoms with Crippen molar-refractivity contribution in [1.82, 2.24) is 5.32 Å². The molecule has 0 rings (SSSR count). The van der Waals surface area contributed by atoms with Gasteiger partial charge in [-0.2, -0.15) is 0 Å². The first-order valence-electron chi connectivity index (χ1n) is 23.2. The van der Waals surface area contributed by atoms with Crippen LogP contribution in [0.2, 0.25) is 0 Å². The zero-order valence-electron chi connectivity index (χ0n) is 37.5. The van der Waals surface area contributed by atoms with Gasteiger partial charge in [0.15, 0.2) is 0 Å². The van der Waals surface area contributed by atoms with Crippen molar-refractivity contribution in [2.24, 2.45) is 0 Å². The average molecular weight is 821 g/mol. The summed E-state index contributed by atoms with van der Waals surface area (Å²) in [7, 11) is 1.23. The number of unbranched alkanes of at least 4 members (excludes halogenated alkanes) is 20. The van der Waals surface area contributed by atoms with E-state index in [2.05, 4.69) is 67.8 Å². The summed E-state index contributed by atoms with van der Waals surface area (Å²) in [6.07, 6.45) is 51.3. The Morgan fingerprint density at radius 2 is 1.04 bits per heavy atom. The maximum Gasteiger partial charge on any atom is 0.268 e. The molecule has 0 aromatic heterocycles. The van der Waals surface area contributed by atoms with Crippen LogP contribution in [0.5, 0.6) is 0 Å². The minimum absolute atomic E-state index is 0.0104. The van der Waals surface area contributed by atoms with Crippen molar-refractivity contribution >= 4 is 13.7 Å². The Balaban J connectivity index is 4.36. The number of hydrogen-bond donors (Lipinski definition) is 2. The van der Waals surface area contributed by atoms with E-state index < -0.39 is 26.6 Å². The number of nitrogens with one attached hydrogen (secondary N) is 1. The highest BCUT2D eigenvalue weighted by molar-refractivity contribution is 7.45. The van der Waals surface area contributed by atoms with Gasteiger partial charge in [0.1, 0.15) is 13.2 Å². The third-order valence-corrected chi connectivity index (χ3v) is 10.9. The first kappa shape index (κ1) is 55.2. The van der Waals surface area contributed by atoms with Gasteiger partial charge in [-0.1, -0.05) is 171 Å². The molecule has 1 amide bonds. The summed E-state index contributed by atoms with van der Waals surface area (Å²) in [6, 6.07) is -0.908. The number of aliphatic hydroxyl groups is 1. The van der Waals surface area contributed by atoms with Gasteiger partial charge in [0.25, 0.3) is 7.82 Å². The van der Waals surface area contributed by atoms with Crippen molar-refractivity contribution in [3.05, 3.63) is 60.8 Å². The van der Waals surface area contributed by atoms with Crippen molar-refractivity contribution in [3.8, 4) is 0 Å². The molecule has 2 N–H and O–H groups in total. The van der Waals surface area contributed by atoms with Crippen LogP contribution in [0.3, 0.4) is 0 Å². The third kappa shape index (κ3) is 42.1. The lowest BCUT2D eigenvalue weighted by Crippen LogP contribution is -2.45. The monoisotopic (exact) mass is 821 g/mol. The SMILES string of the molecule is CCCCCCC/C=C\C/C=C\C/C=C\CCCCCCCCCCC(=O)NC(COP(=O)([O-])OCC[N+](C)(C)C)C(O)/C=C/CC/C=C/CCCCCCCC. The van der Waals surface area contributed by atoms with E-state index in [1.165, 1.54) is 103 Å². The molecule has 57 heavy (non-hydrogen) atoms. The summed E-state index contributed by atoms with van der Waals surface area (Å²) in [5.41, 5.74) is 0. The van der Waals surface area contributed by atoms with Gasteiger partial charge >= 0.3 is 0 Å². The molecule has 332 valence electrons. The first-order chi connectivity index (χ1) is 27.5. The van der Waals surface area contributed by atoms with E-state index in [0.717, 1.165) is 64.2 Å². The van der Waals surface area contributed by atoms with Gasteiger partial charge in [-0.15, -0.1) is 0 Å². The Bertz CT molecular complexity index is 1110. The molecule has 9 heteroatoms. The number of carbonyl (C=O) groups excluding carboxylic acids is 1. The number of likely N-dealkylation sites (N-methyl/N-ethyl adjacent to an activating group) is 1. The summed E-state index contributed by atoms with van der Waals surface area (Å²) < 4.78 is 23.2. The Labute approximate surface area is 351 Å². The summed E-state index contributed by atoms with van der Waals surface area (Å²) in [5, 5.41) is 13.7. The number of phosphoric ester groups is 1. The molecule has 8 nitrogen and oxygen atoms in total. The van der Waals surface area contributed by atoms with Crippen LogP contribution in [0.4, 0.5) is 0 Å². The van der Waals surface area contributed by atoms with Crippen molar-refractivity contribution in [2.75, 3.05) is 40.9 Å². The van der Waals surface area contributed by atoms with Gasteiger partial charge in [-0.3, -0.25) is 9.36 Å². The highest BCUT2D eigenvalue weighted by atomic mass is 31.2. The largest absolute Gasteiger partial charge is 0.756 e. The summed E-state index contributed by atoms with van der Waals surface area (Å²) in [5.74, 6) is -0.218. The molecule has 0 bridgehead atoms. The number of quaternary nitrogens is 1. The second-order valence-electron chi connectivity index (χ2n) is 16.7. The number of carbonyl (C=O) groups is 1. The lowest BCUT2D eigenvalue weighted by Gasteiger charge is -2.29.